The molecule has 1 unspecified atom stereocenters. The first-order chi connectivity index (χ1) is 10.5. The van der Waals surface area contributed by atoms with Crippen LogP contribution in [0.3, 0.4) is 0 Å². The molecule has 2 aromatic rings. The van der Waals surface area contributed by atoms with Gasteiger partial charge >= 0.3 is 0 Å². The first kappa shape index (κ1) is 15.1. The summed E-state index contributed by atoms with van der Waals surface area (Å²) in [5.74, 6) is 0.662. The van der Waals surface area contributed by atoms with Crippen LogP contribution in [0.1, 0.15) is 17.9 Å². The molecule has 0 aliphatic carbocycles. The summed E-state index contributed by atoms with van der Waals surface area (Å²) < 4.78 is 5.22. The second-order valence-corrected chi connectivity index (χ2v) is 6.45. The summed E-state index contributed by atoms with van der Waals surface area (Å²) in [6, 6.07) is 10.4. The highest BCUT2D eigenvalue weighted by molar-refractivity contribution is 8.00. The minimum atomic E-state index is -0.346. The molecule has 0 radical (unpaired) electrons. The molecule has 1 heterocycles. The lowest BCUT2D eigenvalue weighted by Crippen LogP contribution is -2.28. The number of nitrogens with zero attached hydrogens (tertiary/aromatic N) is 1. The Kier molecular flexibility index (Phi) is 3.93. The maximum atomic E-state index is 12.1. The van der Waals surface area contributed by atoms with E-state index in [1.807, 2.05) is 12.1 Å². The van der Waals surface area contributed by atoms with Gasteiger partial charge in [-0.3, -0.25) is 9.69 Å². The standard InChI is InChI=1S/C16H14ClNO3S/c1-9(19)18-13-5-3-10(17)7-15(13)22-16(18)12-8-11(21-2)4-6-14(12)20/h3-8,16,20H,1-2H3. The number of halogens is 1. The van der Waals surface area contributed by atoms with Gasteiger partial charge in [-0.05, 0) is 36.4 Å². The van der Waals surface area contributed by atoms with Gasteiger partial charge in [0.15, 0.2) is 0 Å². The number of aromatic hydroxyl groups is 1. The van der Waals surface area contributed by atoms with Gasteiger partial charge in [-0.15, -0.1) is 0 Å². The molecular weight excluding hydrogens is 322 g/mol. The number of amides is 1. The quantitative estimate of drug-likeness (QED) is 0.893. The number of carbonyl (C=O) groups excluding carboxylic acids is 1. The number of thioether (sulfide) groups is 1. The second kappa shape index (κ2) is 5.74. The van der Waals surface area contributed by atoms with Crippen molar-refractivity contribution < 1.29 is 14.6 Å². The third-order valence-electron chi connectivity index (χ3n) is 3.49. The van der Waals surface area contributed by atoms with Gasteiger partial charge in [0.2, 0.25) is 5.91 Å². The number of fused-ring (bicyclic) bond motifs is 1. The van der Waals surface area contributed by atoms with Crippen LogP contribution < -0.4 is 9.64 Å². The van der Waals surface area contributed by atoms with Crippen molar-refractivity contribution in [3.63, 3.8) is 0 Å². The Morgan fingerprint density at radius 3 is 2.77 bits per heavy atom. The molecule has 0 spiro atoms. The average Bonchev–Trinajstić information content (AvgIpc) is 2.86. The molecule has 0 saturated heterocycles. The SMILES string of the molecule is COc1ccc(O)c(C2Sc3cc(Cl)ccc3N2C(C)=O)c1. The molecule has 2 aromatic carbocycles. The van der Waals surface area contributed by atoms with Gasteiger partial charge in [0.1, 0.15) is 16.9 Å². The molecule has 114 valence electrons. The van der Waals surface area contributed by atoms with Crippen LogP contribution in [0.15, 0.2) is 41.3 Å². The predicted molar refractivity (Wildman–Crippen MR) is 87.9 cm³/mol. The Balaban J connectivity index is 2.10. The van der Waals surface area contributed by atoms with E-state index in [1.54, 1.807) is 36.3 Å². The van der Waals surface area contributed by atoms with E-state index in [-0.39, 0.29) is 17.0 Å². The van der Waals surface area contributed by atoms with E-state index in [0.29, 0.717) is 16.3 Å². The minimum absolute atomic E-state index is 0.0965. The molecule has 1 aliphatic rings. The third kappa shape index (κ3) is 2.51. The van der Waals surface area contributed by atoms with Crippen molar-refractivity contribution in [1.29, 1.82) is 0 Å². The fourth-order valence-corrected chi connectivity index (χ4v) is 4.12. The van der Waals surface area contributed by atoms with Crippen LogP contribution in [-0.4, -0.2) is 18.1 Å². The van der Waals surface area contributed by atoms with Crippen molar-refractivity contribution in [1.82, 2.24) is 0 Å². The van der Waals surface area contributed by atoms with Gasteiger partial charge in [0.25, 0.3) is 0 Å². The number of carbonyl (C=O) groups is 1. The van der Waals surface area contributed by atoms with E-state index in [9.17, 15) is 9.90 Å². The number of rotatable bonds is 2. The van der Waals surface area contributed by atoms with Crippen LogP contribution in [0.5, 0.6) is 11.5 Å². The van der Waals surface area contributed by atoms with E-state index >= 15 is 0 Å². The number of benzene rings is 2. The number of anilines is 1. The molecule has 22 heavy (non-hydrogen) atoms. The number of methoxy groups -OCH3 is 1. The van der Waals surface area contributed by atoms with E-state index in [4.69, 9.17) is 16.3 Å². The van der Waals surface area contributed by atoms with E-state index < -0.39 is 0 Å². The first-order valence-electron chi connectivity index (χ1n) is 6.64. The Hall–Kier alpha value is -1.85. The van der Waals surface area contributed by atoms with Crippen LogP contribution in [0.2, 0.25) is 5.02 Å². The molecule has 0 fully saturated rings. The zero-order chi connectivity index (χ0) is 15.9. The molecular formula is C16H14ClNO3S. The summed E-state index contributed by atoms with van der Waals surface area (Å²) >= 11 is 7.52. The van der Waals surface area contributed by atoms with Crippen LogP contribution in [0.25, 0.3) is 0 Å². The van der Waals surface area contributed by atoms with Gasteiger partial charge < -0.3 is 9.84 Å². The Morgan fingerprint density at radius 1 is 1.32 bits per heavy atom. The van der Waals surface area contributed by atoms with Crippen molar-refractivity contribution in [2.75, 3.05) is 12.0 Å². The molecule has 1 aliphatic heterocycles. The van der Waals surface area contributed by atoms with E-state index in [2.05, 4.69) is 0 Å². The molecule has 0 bridgehead atoms. The third-order valence-corrected chi connectivity index (χ3v) is 5.00. The van der Waals surface area contributed by atoms with Crippen LogP contribution in [-0.2, 0) is 4.79 Å². The lowest BCUT2D eigenvalue weighted by Gasteiger charge is -2.24. The fraction of sp³-hybridized carbons (Fsp3) is 0.188. The highest BCUT2D eigenvalue weighted by atomic mass is 35.5. The molecule has 3 rings (SSSR count). The molecule has 0 saturated carbocycles. The Morgan fingerprint density at radius 2 is 2.09 bits per heavy atom. The van der Waals surface area contributed by atoms with Gasteiger partial charge in [0.05, 0.1) is 12.8 Å². The van der Waals surface area contributed by atoms with Crippen molar-refractivity contribution in [2.24, 2.45) is 0 Å². The zero-order valence-corrected chi connectivity index (χ0v) is 13.6. The first-order valence-corrected chi connectivity index (χ1v) is 7.90. The highest BCUT2D eigenvalue weighted by Gasteiger charge is 2.35. The fourth-order valence-electron chi connectivity index (χ4n) is 2.48. The maximum absolute atomic E-state index is 12.1. The number of ether oxygens (including phenoxy) is 1. The monoisotopic (exact) mass is 335 g/mol. The minimum Gasteiger partial charge on any atom is -0.508 e. The van der Waals surface area contributed by atoms with Crippen LogP contribution in [0.4, 0.5) is 5.69 Å². The van der Waals surface area contributed by atoms with Crippen molar-refractivity contribution in [3.8, 4) is 11.5 Å². The normalized spacial score (nSPS) is 16.5. The summed E-state index contributed by atoms with van der Waals surface area (Å²) in [4.78, 5) is 14.7. The summed E-state index contributed by atoms with van der Waals surface area (Å²) in [5, 5.41) is 10.5. The van der Waals surface area contributed by atoms with E-state index in [1.165, 1.54) is 18.7 Å². The van der Waals surface area contributed by atoms with Gasteiger partial charge in [-0.25, -0.2) is 0 Å². The number of phenolic OH excluding ortho intramolecular Hbond substituents is 1. The summed E-state index contributed by atoms with van der Waals surface area (Å²) in [5.41, 5.74) is 1.43. The van der Waals surface area contributed by atoms with Crippen molar-refractivity contribution in [2.45, 2.75) is 17.2 Å². The predicted octanol–water partition coefficient (Wildman–Crippen LogP) is 4.21. The average molecular weight is 336 g/mol. The zero-order valence-electron chi connectivity index (χ0n) is 12.0. The van der Waals surface area contributed by atoms with Crippen LogP contribution >= 0.6 is 23.4 Å². The Labute approximate surface area is 137 Å². The molecule has 1 amide bonds. The number of hydrogen-bond acceptors (Lipinski definition) is 4. The van der Waals surface area contributed by atoms with Gasteiger partial charge in [-0.1, -0.05) is 23.4 Å². The molecule has 1 atom stereocenters. The number of hydrogen-bond donors (Lipinski definition) is 1. The van der Waals surface area contributed by atoms with Crippen LogP contribution in [0, 0.1) is 0 Å². The van der Waals surface area contributed by atoms with Gasteiger partial charge in [0, 0.05) is 22.4 Å². The van der Waals surface area contributed by atoms with Crippen molar-refractivity contribution >= 4 is 35.0 Å². The lowest BCUT2D eigenvalue weighted by molar-refractivity contribution is -0.116. The lowest BCUT2D eigenvalue weighted by atomic mass is 10.1. The second-order valence-electron chi connectivity index (χ2n) is 4.90. The highest BCUT2D eigenvalue weighted by Crippen LogP contribution is 2.53. The molecule has 0 aromatic heterocycles. The topological polar surface area (TPSA) is 49.8 Å². The largest absolute Gasteiger partial charge is 0.508 e. The number of phenols is 1. The van der Waals surface area contributed by atoms with Crippen molar-refractivity contribution in [3.05, 3.63) is 47.0 Å². The summed E-state index contributed by atoms with van der Waals surface area (Å²) in [6.07, 6.45) is 0. The van der Waals surface area contributed by atoms with Gasteiger partial charge in [-0.2, -0.15) is 0 Å². The van der Waals surface area contributed by atoms with E-state index in [0.717, 1.165) is 10.6 Å². The smallest absolute Gasteiger partial charge is 0.225 e. The Bertz CT molecular complexity index is 750. The molecule has 6 heteroatoms. The maximum Gasteiger partial charge on any atom is 0.225 e. The summed E-state index contributed by atoms with van der Waals surface area (Å²) in [6.45, 7) is 1.51. The summed E-state index contributed by atoms with van der Waals surface area (Å²) in [7, 11) is 1.56. The molecule has 1 N–H and O–H groups in total. The molecule has 4 nitrogen and oxygen atoms in total.